The predicted molar refractivity (Wildman–Crippen MR) is 148 cm³/mol. The van der Waals surface area contributed by atoms with E-state index in [-0.39, 0.29) is 19.1 Å². The number of anilines is 3. The fourth-order valence-electron chi connectivity index (χ4n) is 3.79. The minimum absolute atomic E-state index is 0.0141. The average Bonchev–Trinajstić information content (AvgIpc) is 3.50. The normalized spacial score (nSPS) is 13.5. The van der Waals surface area contributed by atoms with Gasteiger partial charge in [0.25, 0.3) is 5.91 Å². The van der Waals surface area contributed by atoms with Crippen LogP contribution in [0.1, 0.15) is 31.4 Å². The molecule has 11 nitrogen and oxygen atoms in total. The quantitative estimate of drug-likeness (QED) is 0.259. The summed E-state index contributed by atoms with van der Waals surface area (Å²) in [5.41, 5.74) is 8.75. The van der Waals surface area contributed by atoms with Gasteiger partial charge in [0.2, 0.25) is 0 Å². The molecule has 1 fully saturated rings. The molecular weight excluding hydrogens is 489 g/mol. The summed E-state index contributed by atoms with van der Waals surface area (Å²) < 4.78 is 22.9. The van der Waals surface area contributed by atoms with Crippen LogP contribution in [0.15, 0.2) is 54.2 Å². The lowest BCUT2D eigenvalue weighted by Crippen LogP contribution is -2.41. The van der Waals surface area contributed by atoms with Crippen LogP contribution in [0.3, 0.4) is 0 Å². The van der Waals surface area contributed by atoms with E-state index in [2.05, 4.69) is 32.4 Å². The van der Waals surface area contributed by atoms with Crippen molar-refractivity contribution in [2.24, 2.45) is 4.99 Å². The predicted octanol–water partition coefficient (Wildman–Crippen LogP) is 2.85. The number of aromatic nitrogens is 4. The summed E-state index contributed by atoms with van der Waals surface area (Å²) in [7, 11) is 1.92. The first-order valence-corrected chi connectivity index (χ1v) is 12.6. The standard InChI is InChI=1S/C24H30FN9O2.C2H6/c1-17(31-21-13-29-32(15-21)5-3-4-27-2)28-11-19-12-30-34(24(19)26)14-18-8-20(25)10-22(9-18)33-6-7-36-16-23(33)35;1-2/h8-13,15,27,31H,1,3-7,14,16,26H2,2H3;1-2H3/b28-11-;. The number of aliphatic imine (C=N–C) groups is 1. The van der Waals surface area contributed by atoms with Gasteiger partial charge in [-0.25, -0.2) is 14.1 Å². The number of amides is 1. The third kappa shape index (κ3) is 7.73. The Labute approximate surface area is 222 Å². The molecule has 204 valence electrons. The van der Waals surface area contributed by atoms with Crippen molar-refractivity contribution in [1.82, 2.24) is 24.9 Å². The van der Waals surface area contributed by atoms with Crippen molar-refractivity contribution in [2.75, 3.05) is 49.3 Å². The largest absolute Gasteiger partial charge is 0.383 e. The smallest absolute Gasteiger partial charge is 0.253 e. The molecule has 1 aromatic carbocycles. The molecule has 0 radical (unpaired) electrons. The minimum atomic E-state index is -0.443. The number of morpholine rings is 1. The molecule has 0 unspecified atom stereocenters. The zero-order valence-electron chi connectivity index (χ0n) is 22.2. The van der Waals surface area contributed by atoms with Gasteiger partial charge in [-0.2, -0.15) is 10.2 Å². The van der Waals surface area contributed by atoms with E-state index in [4.69, 9.17) is 10.5 Å². The molecule has 0 spiro atoms. The van der Waals surface area contributed by atoms with Gasteiger partial charge in [-0.1, -0.05) is 20.4 Å². The van der Waals surface area contributed by atoms with Gasteiger partial charge < -0.3 is 26.0 Å². The highest BCUT2D eigenvalue weighted by atomic mass is 19.1. The van der Waals surface area contributed by atoms with E-state index in [9.17, 15) is 9.18 Å². The van der Waals surface area contributed by atoms with Crippen LogP contribution in [0, 0.1) is 5.82 Å². The van der Waals surface area contributed by atoms with Crippen molar-refractivity contribution in [3.8, 4) is 0 Å². The number of carbonyl (C=O) groups excluding carboxylic acids is 1. The van der Waals surface area contributed by atoms with Crippen molar-refractivity contribution in [3.63, 3.8) is 0 Å². The summed E-state index contributed by atoms with van der Waals surface area (Å²) in [4.78, 5) is 18.0. The van der Waals surface area contributed by atoms with Crippen LogP contribution in [0.2, 0.25) is 0 Å². The summed E-state index contributed by atoms with van der Waals surface area (Å²) in [5.74, 6) is 0.144. The van der Waals surface area contributed by atoms with Gasteiger partial charge >= 0.3 is 0 Å². The highest BCUT2D eigenvalue weighted by Crippen LogP contribution is 2.22. The maximum atomic E-state index is 14.3. The molecule has 3 aromatic rings. The molecule has 0 saturated carbocycles. The molecule has 1 aliphatic heterocycles. The Morgan fingerprint density at radius 2 is 2.11 bits per heavy atom. The second kappa shape index (κ2) is 14.1. The molecule has 1 saturated heterocycles. The molecule has 12 heteroatoms. The van der Waals surface area contributed by atoms with E-state index in [0.29, 0.717) is 41.6 Å². The van der Waals surface area contributed by atoms with Crippen molar-refractivity contribution in [3.05, 3.63) is 66.1 Å². The van der Waals surface area contributed by atoms with E-state index in [1.54, 1.807) is 29.4 Å². The molecule has 4 rings (SSSR count). The van der Waals surface area contributed by atoms with Gasteiger partial charge in [-0.05, 0) is 43.8 Å². The molecule has 0 atom stereocenters. The van der Waals surface area contributed by atoms with Crippen molar-refractivity contribution < 1.29 is 13.9 Å². The van der Waals surface area contributed by atoms with E-state index < -0.39 is 5.82 Å². The fraction of sp³-hybridized carbons (Fsp3) is 0.385. The Kier molecular flexibility index (Phi) is 10.6. The maximum Gasteiger partial charge on any atom is 0.253 e. The van der Waals surface area contributed by atoms with Crippen molar-refractivity contribution in [1.29, 1.82) is 0 Å². The van der Waals surface area contributed by atoms with Gasteiger partial charge in [0.1, 0.15) is 24.1 Å². The highest BCUT2D eigenvalue weighted by molar-refractivity contribution is 5.95. The van der Waals surface area contributed by atoms with E-state index in [1.165, 1.54) is 17.0 Å². The Morgan fingerprint density at radius 1 is 1.29 bits per heavy atom. The minimum Gasteiger partial charge on any atom is -0.383 e. The molecular formula is C26H36FN9O2. The lowest BCUT2D eigenvalue weighted by Gasteiger charge is -2.27. The van der Waals surface area contributed by atoms with Gasteiger partial charge in [0.05, 0.1) is 36.8 Å². The Balaban J connectivity index is 0.00000195. The summed E-state index contributed by atoms with van der Waals surface area (Å²) >= 11 is 0. The number of halogens is 1. The van der Waals surface area contributed by atoms with E-state index in [1.807, 2.05) is 31.8 Å². The van der Waals surface area contributed by atoms with Crippen LogP contribution in [0.4, 0.5) is 21.6 Å². The van der Waals surface area contributed by atoms with Crippen LogP contribution in [-0.2, 0) is 22.6 Å². The van der Waals surface area contributed by atoms with Crippen LogP contribution in [0.25, 0.3) is 0 Å². The second-order valence-electron chi connectivity index (χ2n) is 8.34. The molecule has 2 aromatic heterocycles. The zero-order chi connectivity index (χ0) is 27.5. The molecule has 1 amide bonds. The lowest BCUT2D eigenvalue weighted by atomic mass is 10.1. The number of benzene rings is 1. The van der Waals surface area contributed by atoms with E-state index in [0.717, 1.165) is 25.2 Å². The lowest BCUT2D eigenvalue weighted by molar-refractivity contribution is -0.125. The fourth-order valence-corrected chi connectivity index (χ4v) is 3.79. The number of nitrogens with two attached hydrogens (primary N) is 1. The van der Waals surface area contributed by atoms with Gasteiger partial charge in [0, 0.05) is 31.2 Å². The topological polar surface area (TPSA) is 128 Å². The van der Waals surface area contributed by atoms with E-state index >= 15 is 0 Å². The first-order chi connectivity index (χ1) is 18.4. The molecule has 4 N–H and O–H groups in total. The Hall–Kier alpha value is -4.03. The molecule has 0 aliphatic carbocycles. The maximum absolute atomic E-state index is 14.3. The summed E-state index contributed by atoms with van der Waals surface area (Å²) in [5, 5.41) is 14.8. The number of ether oxygens (including phenoxy) is 1. The first-order valence-electron chi connectivity index (χ1n) is 12.6. The zero-order valence-corrected chi connectivity index (χ0v) is 22.2. The first kappa shape index (κ1) is 28.5. The summed E-state index contributed by atoms with van der Waals surface area (Å²) in [6.07, 6.45) is 7.72. The molecule has 0 bridgehead atoms. The number of nitrogen functional groups attached to an aromatic ring is 1. The monoisotopic (exact) mass is 525 g/mol. The molecule has 38 heavy (non-hydrogen) atoms. The number of carbonyl (C=O) groups is 1. The number of hydrogen-bond acceptors (Lipinski definition) is 8. The average molecular weight is 526 g/mol. The van der Waals surface area contributed by atoms with Gasteiger partial charge in [0.15, 0.2) is 0 Å². The Bertz CT molecular complexity index is 1250. The summed E-state index contributed by atoms with van der Waals surface area (Å²) in [6, 6.07) is 4.49. The SMILES string of the molecule is C=C(/N=C\c1cnn(Cc2cc(F)cc(N3CCOCC3=O)c2)c1N)Nc1cnn(CCCNC)c1.CC. The number of nitrogens with zero attached hydrogens (tertiary/aromatic N) is 6. The van der Waals surface area contributed by atoms with Crippen LogP contribution in [0.5, 0.6) is 0 Å². The highest BCUT2D eigenvalue weighted by Gasteiger charge is 2.21. The molecule has 1 aliphatic rings. The third-order valence-corrected chi connectivity index (χ3v) is 5.58. The van der Waals surface area contributed by atoms with Crippen LogP contribution in [-0.4, -0.2) is 65.0 Å². The van der Waals surface area contributed by atoms with Gasteiger partial charge in [-0.3, -0.25) is 9.48 Å². The number of rotatable bonds is 11. The van der Waals surface area contributed by atoms with Crippen LogP contribution >= 0.6 is 0 Å². The third-order valence-electron chi connectivity index (χ3n) is 5.58. The van der Waals surface area contributed by atoms with Gasteiger partial charge in [-0.15, -0.1) is 0 Å². The number of hydrogen-bond donors (Lipinski definition) is 3. The van der Waals surface area contributed by atoms with Crippen molar-refractivity contribution >= 4 is 29.3 Å². The Morgan fingerprint density at radius 3 is 2.87 bits per heavy atom. The second-order valence-corrected chi connectivity index (χ2v) is 8.34. The van der Waals surface area contributed by atoms with Crippen LogP contribution < -0.4 is 21.3 Å². The van der Waals surface area contributed by atoms with Crippen molar-refractivity contribution in [2.45, 2.75) is 33.4 Å². The summed E-state index contributed by atoms with van der Waals surface area (Å²) in [6.45, 7) is 10.6. The molecule has 3 heterocycles. The number of nitrogens with one attached hydrogen (secondary N) is 2. The number of aryl methyl sites for hydroxylation is 1.